The lowest BCUT2D eigenvalue weighted by Gasteiger charge is -2.45. The highest BCUT2D eigenvalue weighted by Crippen LogP contribution is 2.40. The Balaban J connectivity index is 1.33. The molecule has 0 radical (unpaired) electrons. The molecule has 0 spiro atoms. The van der Waals surface area contributed by atoms with Crippen molar-refractivity contribution in [1.82, 2.24) is 24.9 Å². The van der Waals surface area contributed by atoms with E-state index in [2.05, 4.69) is 22.2 Å². The van der Waals surface area contributed by atoms with Gasteiger partial charge in [0.25, 0.3) is 0 Å². The van der Waals surface area contributed by atoms with Gasteiger partial charge in [0, 0.05) is 29.7 Å². The summed E-state index contributed by atoms with van der Waals surface area (Å²) in [5.41, 5.74) is 1.15. The standard InChI is InChI=1S/C22H21F2N5O2/c1-22-8-7-17(28(22)2)21(24)19(10-22)31-20-6-5-16(26-27-20)15-4-3-14(9-18(15)30)29-12-13(23)11-25-29/h3-9,11-12,17,19,21,30H,10H2,1-2H3/t17-,19+,21-,22+/m1/s1. The molecule has 2 aromatic heterocycles. The molecule has 31 heavy (non-hydrogen) atoms. The number of phenolic OH excluding ortho intramolecular Hbond substituents is 1. The van der Waals surface area contributed by atoms with Crippen molar-refractivity contribution in [3.05, 3.63) is 60.7 Å². The van der Waals surface area contributed by atoms with Gasteiger partial charge in [0.15, 0.2) is 12.0 Å². The molecule has 5 rings (SSSR count). The van der Waals surface area contributed by atoms with E-state index in [1.165, 1.54) is 16.9 Å². The number of benzene rings is 1. The Hall–Kier alpha value is -3.33. The first-order chi connectivity index (χ1) is 14.8. The molecule has 3 aromatic rings. The number of fused-ring (bicyclic) bond motifs is 2. The molecule has 1 aromatic carbocycles. The van der Waals surface area contributed by atoms with E-state index < -0.39 is 18.1 Å². The Morgan fingerprint density at radius 1 is 1.23 bits per heavy atom. The number of nitrogens with zero attached hydrogens (tertiary/aromatic N) is 5. The van der Waals surface area contributed by atoms with Crippen LogP contribution in [-0.4, -0.2) is 60.9 Å². The van der Waals surface area contributed by atoms with E-state index in [1.54, 1.807) is 24.3 Å². The van der Waals surface area contributed by atoms with E-state index >= 15 is 0 Å². The fraction of sp³-hybridized carbons (Fsp3) is 0.318. The van der Waals surface area contributed by atoms with Crippen molar-refractivity contribution in [3.63, 3.8) is 0 Å². The average molecular weight is 425 g/mol. The summed E-state index contributed by atoms with van der Waals surface area (Å²) >= 11 is 0. The number of phenols is 1. The Kier molecular flexibility index (Phi) is 4.51. The summed E-state index contributed by atoms with van der Waals surface area (Å²) in [6.07, 6.45) is 4.95. The van der Waals surface area contributed by atoms with Gasteiger partial charge in [0.05, 0.1) is 29.8 Å². The Bertz CT molecular complexity index is 1150. The lowest BCUT2D eigenvalue weighted by molar-refractivity contribution is -0.0365. The molecule has 2 bridgehead atoms. The molecule has 9 heteroatoms. The van der Waals surface area contributed by atoms with Gasteiger partial charge in [-0.05, 0) is 32.2 Å². The second kappa shape index (κ2) is 7.12. The summed E-state index contributed by atoms with van der Waals surface area (Å²) in [6.45, 7) is 2.06. The van der Waals surface area contributed by atoms with E-state index in [-0.39, 0.29) is 23.2 Å². The van der Waals surface area contributed by atoms with Crippen molar-refractivity contribution in [2.45, 2.75) is 37.2 Å². The Labute approximate surface area is 177 Å². The predicted molar refractivity (Wildman–Crippen MR) is 109 cm³/mol. The van der Waals surface area contributed by atoms with Gasteiger partial charge >= 0.3 is 0 Å². The maximum Gasteiger partial charge on any atom is 0.233 e. The molecule has 1 saturated heterocycles. The van der Waals surface area contributed by atoms with Crippen LogP contribution in [0.5, 0.6) is 11.6 Å². The Morgan fingerprint density at radius 3 is 2.74 bits per heavy atom. The van der Waals surface area contributed by atoms with Gasteiger partial charge < -0.3 is 9.84 Å². The van der Waals surface area contributed by atoms with Crippen LogP contribution in [0.1, 0.15) is 13.3 Å². The monoisotopic (exact) mass is 425 g/mol. The highest BCUT2D eigenvalue weighted by Gasteiger charge is 2.50. The quantitative estimate of drug-likeness (QED) is 0.647. The van der Waals surface area contributed by atoms with Crippen LogP contribution in [0.25, 0.3) is 16.9 Å². The van der Waals surface area contributed by atoms with Crippen LogP contribution in [0.3, 0.4) is 0 Å². The number of halogens is 2. The summed E-state index contributed by atoms with van der Waals surface area (Å²) < 4.78 is 35.2. The summed E-state index contributed by atoms with van der Waals surface area (Å²) in [5.74, 6) is -0.291. The number of hydrogen-bond donors (Lipinski definition) is 1. The fourth-order valence-corrected chi connectivity index (χ4v) is 4.27. The minimum absolute atomic E-state index is 0.0499. The van der Waals surface area contributed by atoms with Crippen molar-refractivity contribution in [2.24, 2.45) is 0 Å². The minimum atomic E-state index is -1.16. The van der Waals surface area contributed by atoms with Gasteiger partial charge in [-0.1, -0.05) is 12.2 Å². The highest BCUT2D eigenvalue weighted by molar-refractivity contribution is 5.68. The zero-order valence-electron chi connectivity index (χ0n) is 17.0. The zero-order valence-corrected chi connectivity index (χ0v) is 17.0. The van der Waals surface area contributed by atoms with Gasteiger partial charge in [-0.15, -0.1) is 10.2 Å². The van der Waals surface area contributed by atoms with Crippen LogP contribution >= 0.6 is 0 Å². The van der Waals surface area contributed by atoms with Crippen molar-refractivity contribution in [1.29, 1.82) is 0 Å². The van der Waals surface area contributed by atoms with Crippen LogP contribution in [0.4, 0.5) is 8.78 Å². The lowest BCUT2D eigenvalue weighted by Crippen LogP contribution is -2.58. The highest BCUT2D eigenvalue weighted by atomic mass is 19.1. The number of aromatic nitrogens is 4. The van der Waals surface area contributed by atoms with Gasteiger partial charge in [-0.2, -0.15) is 5.10 Å². The van der Waals surface area contributed by atoms with Crippen LogP contribution in [-0.2, 0) is 0 Å². The molecule has 0 aliphatic carbocycles. The number of hydrogen-bond acceptors (Lipinski definition) is 6. The largest absolute Gasteiger partial charge is 0.507 e. The molecule has 1 fully saturated rings. The van der Waals surface area contributed by atoms with Crippen molar-refractivity contribution in [3.8, 4) is 28.6 Å². The maximum atomic E-state index is 14.9. The molecule has 7 nitrogen and oxygen atoms in total. The van der Waals surface area contributed by atoms with Gasteiger partial charge in [0.1, 0.15) is 11.9 Å². The van der Waals surface area contributed by atoms with Gasteiger partial charge in [-0.3, -0.25) is 4.90 Å². The van der Waals surface area contributed by atoms with Crippen LogP contribution in [0.15, 0.2) is 54.9 Å². The number of rotatable bonds is 4. The number of likely N-dealkylation sites (N-methyl/N-ethyl adjacent to an activating group) is 1. The third kappa shape index (κ3) is 3.34. The summed E-state index contributed by atoms with van der Waals surface area (Å²) in [7, 11) is 1.92. The van der Waals surface area contributed by atoms with E-state index in [0.717, 1.165) is 6.20 Å². The van der Waals surface area contributed by atoms with E-state index in [0.29, 0.717) is 23.4 Å². The summed E-state index contributed by atoms with van der Waals surface area (Å²) in [5, 5.41) is 22.5. The van der Waals surface area contributed by atoms with E-state index in [9.17, 15) is 13.9 Å². The van der Waals surface area contributed by atoms with Gasteiger partial charge in [-0.25, -0.2) is 13.5 Å². The number of piperidine rings is 1. The second-order valence-electron chi connectivity index (χ2n) is 8.18. The predicted octanol–water partition coefficient (Wildman–Crippen LogP) is 3.29. The van der Waals surface area contributed by atoms with Crippen LogP contribution in [0, 0.1) is 5.82 Å². The molecule has 2 aliphatic heterocycles. The van der Waals surface area contributed by atoms with Crippen LogP contribution < -0.4 is 4.74 Å². The maximum absolute atomic E-state index is 14.9. The molecule has 4 atom stereocenters. The molecule has 0 unspecified atom stereocenters. The molecule has 1 N–H and O–H groups in total. The third-order valence-electron chi connectivity index (χ3n) is 6.19. The molecule has 0 saturated carbocycles. The van der Waals surface area contributed by atoms with Crippen molar-refractivity contribution < 1.29 is 18.6 Å². The van der Waals surface area contributed by atoms with E-state index in [4.69, 9.17) is 4.74 Å². The number of aromatic hydroxyl groups is 1. The SMILES string of the molecule is CN1[C@@H]2C=C[C@@]1(C)C[C@H](Oc1ccc(-c3ccc(-n4cc(F)cn4)cc3O)nn1)[C@@H]2F. The topological polar surface area (TPSA) is 76.3 Å². The lowest BCUT2D eigenvalue weighted by atomic mass is 9.88. The molecule has 4 heterocycles. The summed E-state index contributed by atoms with van der Waals surface area (Å²) in [6, 6.07) is 7.75. The molecule has 160 valence electrons. The Morgan fingerprint density at radius 2 is 2.06 bits per heavy atom. The first-order valence-corrected chi connectivity index (χ1v) is 9.95. The molecule has 2 aliphatic rings. The average Bonchev–Trinajstić information content (AvgIpc) is 3.27. The molecule has 0 amide bonds. The zero-order chi connectivity index (χ0) is 21.8. The van der Waals surface area contributed by atoms with Crippen molar-refractivity contribution in [2.75, 3.05) is 7.05 Å². The third-order valence-corrected chi connectivity index (χ3v) is 6.19. The normalized spacial score (nSPS) is 27.5. The van der Waals surface area contributed by atoms with Gasteiger partial charge in [0.2, 0.25) is 5.88 Å². The van der Waals surface area contributed by atoms with Crippen LogP contribution in [0.2, 0.25) is 0 Å². The summed E-state index contributed by atoms with van der Waals surface area (Å²) in [4.78, 5) is 2.02. The molecular weight excluding hydrogens is 404 g/mol. The second-order valence-corrected chi connectivity index (χ2v) is 8.18. The van der Waals surface area contributed by atoms with E-state index in [1.807, 2.05) is 24.1 Å². The molecular formula is C22H21F2N5O2. The smallest absolute Gasteiger partial charge is 0.233 e. The van der Waals surface area contributed by atoms with Crippen molar-refractivity contribution >= 4 is 0 Å². The number of alkyl halides is 1. The number of ether oxygens (including phenoxy) is 1. The minimum Gasteiger partial charge on any atom is -0.507 e. The first kappa shape index (κ1) is 19.6. The fourth-order valence-electron chi connectivity index (χ4n) is 4.27. The first-order valence-electron chi connectivity index (χ1n) is 9.95.